The minimum atomic E-state index is -2.32. The Labute approximate surface area is 118 Å². The molecule has 0 aromatic heterocycles. The lowest BCUT2D eigenvalue weighted by Crippen LogP contribution is -2.22. The molecule has 1 unspecified atom stereocenters. The summed E-state index contributed by atoms with van der Waals surface area (Å²) in [6.45, 7) is 15.4. The highest BCUT2D eigenvalue weighted by Crippen LogP contribution is 2.12. The van der Waals surface area contributed by atoms with Gasteiger partial charge in [-0.25, -0.2) is 0 Å². The smallest absolute Gasteiger partial charge is 0.0876 e. The Balaban J connectivity index is 0.00000154. The fourth-order valence-corrected chi connectivity index (χ4v) is 2.43. The van der Waals surface area contributed by atoms with E-state index in [4.69, 9.17) is 0 Å². The third-order valence-corrected chi connectivity index (χ3v) is 4.23. The number of aryl methyl sites for hydroxylation is 1. The summed E-state index contributed by atoms with van der Waals surface area (Å²) in [4.78, 5) is 0.755. The van der Waals surface area contributed by atoms with E-state index < -0.39 is 9.52 Å². The Kier molecular flexibility index (Phi) is 7.23. The molecule has 106 valence electrons. The molecule has 0 heterocycles. The van der Waals surface area contributed by atoms with Gasteiger partial charge in [0.2, 0.25) is 0 Å². The fourth-order valence-electron chi connectivity index (χ4n) is 1.22. The number of hydrogen-bond donors (Lipinski definition) is 1. The lowest BCUT2D eigenvalue weighted by atomic mass is 10.2. The van der Waals surface area contributed by atoms with Crippen molar-refractivity contribution in [3.63, 3.8) is 0 Å². The van der Waals surface area contributed by atoms with Crippen LogP contribution in [-0.4, -0.2) is 16.0 Å². The van der Waals surface area contributed by atoms with Crippen molar-refractivity contribution in [3.8, 4) is 0 Å². The summed E-state index contributed by atoms with van der Waals surface area (Å²) in [7, 11) is -2.32. The second-order valence-corrected chi connectivity index (χ2v) is 6.59. The maximum Gasteiger partial charge on any atom is 0.0876 e. The Morgan fingerprint density at radius 2 is 1.68 bits per heavy atom. The molecule has 0 saturated heterocycles. The first-order valence-electron chi connectivity index (χ1n) is 6.33. The Hall–Kier alpha value is -1.48. The number of nitrogens with one attached hydrogen (secondary N) is 1. The van der Waals surface area contributed by atoms with Crippen molar-refractivity contribution in [2.45, 2.75) is 32.6 Å². The molecule has 0 aliphatic carbocycles. The van der Waals surface area contributed by atoms with E-state index >= 15 is 0 Å². The van der Waals surface area contributed by atoms with Crippen LogP contribution in [0.1, 0.15) is 26.3 Å². The highest BCUT2D eigenvalue weighted by Gasteiger charge is 2.07. The van der Waals surface area contributed by atoms with Crippen LogP contribution in [0.25, 0.3) is 0 Å². The zero-order valence-corrected chi connectivity index (χ0v) is 13.3. The van der Waals surface area contributed by atoms with Crippen molar-refractivity contribution in [3.05, 3.63) is 54.3 Å². The van der Waals surface area contributed by atoms with Gasteiger partial charge in [-0.2, -0.15) is 0 Å². The van der Waals surface area contributed by atoms with Crippen LogP contribution in [-0.2, 0) is 9.52 Å². The molecular formula is C16H25NOS. The van der Waals surface area contributed by atoms with Crippen LogP contribution in [0.15, 0.2) is 53.6 Å². The summed E-state index contributed by atoms with van der Waals surface area (Å²) in [6.07, 6.45) is 0. The molecule has 19 heavy (non-hydrogen) atoms. The van der Waals surface area contributed by atoms with Crippen LogP contribution in [0.2, 0.25) is 0 Å². The van der Waals surface area contributed by atoms with E-state index in [9.17, 15) is 4.21 Å². The SMILES string of the molecule is C=C(C)C(=C)NCS(=C)(=O)c1ccc(C)cc1.CC. The molecular weight excluding hydrogens is 254 g/mol. The highest BCUT2D eigenvalue weighted by atomic mass is 32.2. The largest absolute Gasteiger partial charge is 0.374 e. The Morgan fingerprint density at radius 1 is 1.21 bits per heavy atom. The first kappa shape index (κ1) is 17.5. The topological polar surface area (TPSA) is 29.1 Å². The van der Waals surface area contributed by atoms with Crippen molar-refractivity contribution in [1.82, 2.24) is 5.32 Å². The van der Waals surface area contributed by atoms with Gasteiger partial charge >= 0.3 is 0 Å². The van der Waals surface area contributed by atoms with E-state index in [1.807, 2.05) is 52.0 Å². The highest BCUT2D eigenvalue weighted by molar-refractivity contribution is 8.00. The maximum atomic E-state index is 12.4. The molecule has 0 fully saturated rings. The summed E-state index contributed by atoms with van der Waals surface area (Å²) in [5, 5.41) is 3.00. The molecule has 0 radical (unpaired) electrons. The summed E-state index contributed by atoms with van der Waals surface area (Å²) in [6, 6.07) is 7.59. The Morgan fingerprint density at radius 3 is 2.11 bits per heavy atom. The van der Waals surface area contributed by atoms with Crippen LogP contribution in [0, 0.1) is 6.92 Å². The number of benzene rings is 1. The van der Waals surface area contributed by atoms with Crippen LogP contribution in [0.3, 0.4) is 0 Å². The van der Waals surface area contributed by atoms with E-state index in [1.54, 1.807) is 0 Å². The number of allylic oxidation sites excluding steroid dienone is 1. The zero-order valence-electron chi connectivity index (χ0n) is 12.5. The molecule has 0 aliphatic heterocycles. The lowest BCUT2D eigenvalue weighted by molar-refractivity contribution is 0.677. The summed E-state index contributed by atoms with van der Waals surface area (Å²) in [5.41, 5.74) is 2.68. The first-order valence-corrected chi connectivity index (χ1v) is 8.23. The summed E-state index contributed by atoms with van der Waals surface area (Å²) < 4.78 is 12.4. The van der Waals surface area contributed by atoms with Gasteiger partial charge in [-0.05, 0) is 37.4 Å². The van der Waals surface area contributed by atoms with E-state index in [-0.39, 0.29) is 5.88 Å². The normalized spacial score (nSPS) is 12.6. The van der Waals surface area contributed by atoms with Crippen molar-refractivity contribution in [1.29, 1.82) is 0 Å². The van der Waals surface area contributed by atoms with E-state index in [0.717, 1.165) is 16.0 Å². The van der Waals surface area contributed by atoms with Crippen molar-refractivity contribution in [2.24, 2.45) is 0 Å². The second-order valence-electron chi connectivity index (χ2n) is 4.20. The average Bonchev–Trinajstić information content (AvgIpc) is 2.38. The minimum absolute atomic E-state index is 0.280. The third kappa shape index (κ3) is 5.79. The molecule has 1 aromatic carbocycles. The molecule has 0 spiro atoms. The van der Waals surface area contributed by atoms with Gasteiger partial charge in [-0.1, -0.05) is 44.7 Å². The van der Waals surface area contributed by atoms with Gasteiger partial charge < -0.3 is 5.32 Å². The quantitative estimate of drug-likeness (QED) is 0.657. The molecule has 0 amide bonds. The molecule has 1 rings (SSSR count). The van der Waals surface area contributed by atoms with Gasteiger partial charge in [0.25, 0.3) is 0 Å². The molecule has 0 saturated carbocycles. The molecule has 1 N–H and O–H groups in total. The van der Waals surface area contributed by atoms with E-state index in [0.29, 0.717) is 5.70 Å². The van der Waals surface area contributed by atoms with Gasteiger partial charge in [0.1, 0.15) is 0 Å². The van der Waals surface area contributed by atoms with Gasteiger partial charge in [-0.15, -0.1) is 0 Å². The summed E-state index contributed by atoms with van der Waals surface area (Å²) in [5.74, 6) is 4.08. The van der Waals surface area contributed by atoms with Crippen LogP contribution in [0.5, 0.6) is 0 Å². The fraction of sp³-hybridized carbons (Fsp3) is 0.312. The molecule has 3 heteroatoms. The Bertz CT molecular complexity index is 524. The molecule has 1 atom stereocenters. The zero-order chi connectivity index (χ0) is 15.1. The minimum Gasteiger partial charge on any atom is -0.374 e. The van der Waals surface area contributed by atoms with E-state index in [2.05, 4.69) is 24.3 Å². The molecule has 2 nitrogen and oxygen atoms in total. The van der Waals surface area contributed by atoms with Crippen LogP contribution in [0.4, 0.5) is 0 Å². The predicted octanol–water partition coefficient (Wildman–Crippen LogP) is 3.73. The molecule has 1 aromatic rings. The van der Waals surface area contributed by atoms with Crippen molar-refractivity contribution >= 4 is 15.4 Å². The molecule has 0 aliphatic rings. The number of hydrogen-bond acceptors (Lipinski definition) is 2. The van der Waals surface area contributed by atoms with Crippen molar-refractivity contribution < 1.29 is 4.21 Å². The van der Waals surface area contributed by atoms with Gasteiger partial charge in [-0.3, -0.25) is 4.21 Å². The predicted molar refractivity (Wildman–Crippen MR) is 88.0 cm³/mol. The number of rotatable bonds is 5. The standard InChI is InChI=1S/C14H19NOS.C2H6/c1-11(2)13(4)15-10-17(5,16)14-8-6-12(3)7-9-14;1-2/h6-9,15H,1,4-5,10H2,2-3H3;1-2H3. The van der Waals surface area contributed by atoms with Gasteiger partial charge in [0.15, 0.2) is 0 Å². The average molecular weight is 279 g/mol. The van der Waals surface area contributed by atoms with Gasteiger partial charge in [0, 0.05) is 20.1 Å². The van der Waals surface area contributed by atoms with Crippen LogP contribution >= 0.6 is 0 Å². The second kappa shape index (κ2) is 7.85. The van der Waals surface area contributed by atoms with Gasteiger partial charge in [0.05, 0.1) is 5.88 Å². The van der Waals surface area contributed by atoms with Crippen molar-refractivity contribution in [2.75, 3.05) is 5.88 Å². The van der Waals surface area contributed by atoms with Crippen LogP contribution < -0.4 is 5.32 Å². The maximum absolute atomic E-state index is 12.4. The monoisotopic (exact) mass is 279 g/mol. The molecule has 0 bridgehead atoms. The van der Waals surface area contributed by atoms with E-state index in [1.165, 1.54) is 0 Å². The first-order chi connectivity index (χ1) is 8.83. The lowest BCUT2D eigenvalue weighted by Gasteiger charge is -2.13. The third-order valence-electron chi connectivity index (χ3n) is 2.48. The summed E-state index contributed by atoms with van der Waals surface area (Å²) >= 11 is 0.